The predicted octanol–water partition coefficient (Wildman–Crippen LogP) is 3.43. The van der Waals surface area contributed by atoms with Gasteiger partial charge in [0.25, 0.3) is 0 Å². The number of hydrogen-bond acceptors (Lipinski definition) is 5. The number of rotatable bonds is 9. The fourth-order valence-corrected chi connectivity index (χ4v) is 3.46. The number of amides is 1. The molecule has 0 aliphatic heterocycles. The van der Waals surface area contributed by atoms with Crippen molar-refractivity contribution < 1.29 is 9.53 Å². The topological polar surface area (TPSA) is 92.3 Å². The smallest absolute Gasteiger partial charge is 0.220 e. The molecule has 156 valence electrons. The molecule has 1 atom stereocenters. The Balaban J connectivity index is 1.43. The number of hydrogen-bond donors (Lipinski definition) is 1. The van der Waals surface area contributed by atoms with Crippen molar-refractivity contribution in [2.24, 2.45) is 0 Å². The molecule has 0 aliphatic rings. The second-order valence-corrected chi connectivity index (χ2v) is 7.29. The summed E-state index contributed by atoms with van der Waals surface area (Å²) in [4.78, 5) is 16.7. The minimum Gasteiger partial charge on any atom is -0.374 e. The van der Waals surface area contributed by atoms with Crippen molar-refractivity contribution in [3.05, 3.63) is 64.6 Å². The van der Waals surface area contributed by atoms with E-state index in [1.54, 1.807) is 4.52 Å². The van der Waals surface area contributed by atoms with Crippen molar-refractivity contribution in [1.82, 2.24) is 19.9 Å². The molecule has 0 saturated carbocycles. The van der Waals surface area contributed by atoms with Gasteiger partial charge in [-0.15, -0.1) is 0 Å². The Labute approximate surface area is 176 Å². The third kappa shape index (κ3) is 5.02. The van der Waals surface area contributed by atoms with Crippen molar-refractivity contribution in [2.45, 2.75) is 46.1 Å². The van der Waals surface area contributed by atoms with Gasteiger partial charge in [0, 0.05) is 31.0 Å². The van der Waals surface area contributed by atoms with Crippen molar-refractivity contribution in [3.63, 3.8) is 0 Å². The lowest BCUT2D eigenvalue weighted by molar-refractivity contribution is -0.121. The number of aromatic nitrogens is 3. The highest BCUT2D eigenvalue weighted by atomic mass is 16.5. The Morgan fingerprint density at radius 3 is 2.80 bits per heavy atom. The SMILES string of the molecule is Cc1nc2c(C#N)cnn2c(C)c1CCC(=O)NCCCOC(C)c1ccccc1. The summed E-state index contributed by atoms with van der Waals surface area (Å²) in [7, 11) is 0. The number of ether oxygens (including phenoxy) is 1. The number of carbonyl (C=O) groups excluding carboxylic acids is 1. The zero-order valence-corrected chi connectivity index (χ0v) is 17.7. The summed E-state index contributed by atoms with van der Waals surface area (Å²) in [6.07, 6.45) is 3.28. The Bertz CT molecular complexity index is 1050. The molecule has 1 aromatic carbocycles. The zero-order valence-electron chi connectivity index (χ0n) is 17.7. The highest BCUT2D eigenvalue weighted by molar-refractivity contribution is 5.76. The van der Waals surface area contributed by atoms with E-state index in [9.17, 15) is 4.79 Å². The minimum atomic E-state index is 0.00295. The quantitative estimate of drug-likeness (QED) is 0.551. The van der Waals surface area contributed by atoms with Crippen molar-refractivity contribution in [1.29, 1.82) is 5.26 Å². The maximum atomic E-state index is 12.2. The Morgan fingerprint density at radius 1 is 1.30 bits per heavy atom. The second kappa shape index (κ2) is 9.99. The number of fused-ring (bicyclic) bond motifs is 1. The van der Waals surface area contributed by atoms with Gasteiger partial charge in [-0.3, -0.25) is 4.79 Å². The maximum Gasteiger partial charge on any atom is 0.220 e. The minimum absolute atomic E-state index is 0.00295. The summed E-state index contributed by atoms with van der Waals surface area (Å²) in [5.74, 6) is 0.00295. The first-order valence-corrected chi connectivity index (χ1v) is 10.2. The third-order valence-electron chi connectivity index (χ3n) is 5.21. The van der Waals surface area contributed by atoms with Gasteiger partial charge in [-0.1, -0.05) is 30.3 Å². The van der Waals surface area contributed by atoms with Gasteiger partial charge in [0.05, 0.1) is 12.3 Å². The van der Waals surface area contributed by atoms with Gasteiger partial charge in [0.2, 0.25) is 5.91 Å². The highest BCUT2D eigenvalue weighted by Gasteiger charge is 2.14. The molecule has 1 N–H and O–H groups in total. The van der Waals surface area contributed by atoms with Gasteiger partial charge >= 0.3 is 0 Å². The Kier molecular flexibility index (Phi) is 7.15. The van der Waals surface area contributed by atoms with E-state index in [1.165, 1.54) is 6.20 Å². The number of nitriles is 1. The summed E-state index contributed by atoms with van der Waals surface area (Å²) >= 11 is 0. The highest BCUT2D eigenvalue weighted by Crippen LogP contribution is 2.18. The molecule has 2 aromatic heterocycles. The van der Waals surface area contributed by atoms with E-state index >= 15 is 0 Å². The van der Waals surface area contributed by atoms with Gasteiger partial charge in [-0.2, -0.15) is 10.4 Å². The summed E-state index contributed by atoms with van der Waals surface area (Å²) in [6.45, 7) is 7.05. The molecule has 0 aliphatic carbocycles. The van der Waals surface area contributed by atoms with Crippen LogP contribution in [0.3, 0.4) is 0 Å². The first-order chi connectivity index (χ1) is 14.5. The number of aryl methyl sites for hydroxylation is 2. The predicted molar refractivity (Wildman–Crippen MR) is 114 cm³/mol. The van der Waals surface area contributed by atoms with Gasteiger partial charge < -0.3 is 10.1 Å². The lowest BCUT2D eigenvalue weighted by atomic mass is 10.1. The van der Waals surface area contributed by atoms with Crippen LogP contribution >= 0.6 is 0 Å². The Hall–Kier alpha value is -3.24. The summed E-state index contributed by atoms with van der Waals surface area (Å²) in [5.41, 5.74) is 4.89. The monoisotopic (exact) mass is 405 g/mol. The van der Waals surface area contributed by atoms with Gasteiger partial charge in [0.1, 0.15) is 11.6 Å². The average molecular weight is 406 g/mol. The van der Waals surface area contributed by atoms with Crippen LogP contribution in [0.15, 0.2) is 36.5 Å². The number of benzene rings is 1. The van der Waals surface area contributed by atoms with Crippen molar-refractivity contribution in [2.75, 3.05) is 13.2 Å². The van der Waals surface area contributed by atoms with Crippen LogP contribution in [0.1, 0.15) is 53.9 Å². The van der Waals surface area contributed by atoms with Crippen molar-refractivity contribution in [3.8, 4) is 6.07 Å². The van der Waals surface area contributed by atoms with Crippen molar-refractivity contribution >= 4 is 11.6 Å². The van der Waals surface area contributed by atoms with Crippen LogP contribution in [0.2, 0.25) is 0 Å². The maximum absolute atomic E-state index is 12.2. The molecule has 0 saturated heterocycles. The normalized spacial score (nSPS) is 11.9. The number of carbonyl (C=O) groups is 1. The molecule has 7 heteroatoms. The first-order valence-electron chi connectivity index (χ1n) is 10.2. The fourth-order valence-electron chi connectivity index (χ4n) is 3.46. The molecule has 0 fully saturated rings. The van der Waals surface area contributed by atoms with E-state index in [0.29, 0.717) is 37.2 Å². The molecule has 30 heavy (non-hydrogen) atoms. The standard InChI is InChI=1S/C23H27N5O2/c1-16-21(17(2)28-23(27-16)20(14-24)15-26-28)10-11-22(29)25-12-7-13-30-18(3)19-8-5-4-6-9-19/h4-6,8-9,15,18H,7,10-13H2,1-3H3,(H,25,29). The van der Waals surface area contributed by atoms with Gasteiger partial charge in [-0.05, 0) is 44.7 Å². The van der Waals surface area contributed by atoms with Crippen LogP contribution < -0.4 is 5.32 Å². The number of nitrogens with one attached hydrogen (secondary N) is 1. The van der Waals surface area contributed by atoms with Gasteiger partial charge in [0.15, 0.2) is 5.65 Å². The zero-order chi connectivity index (χ0) is 21.5. The van der Waals surface area contributed by atoms with E-state index in [-0.39, 0.29) is 12.0 Å². The first kappa shape index (κ1) is 21.5. The largest absolute Gasteiger partial charge is 0.374 e. The summed E-state index contributed by atoms with van der Waals surface area (Å²) in [5, 5.41) is 16.3. The average Bonchev–Trinajstić information content (AvgIpc) is 3.16. The molecular formula is C23H27N5O2. The summed E-state index contributed by atoms with van der Waals surface area (Å²) < 4.78 is 7.50. The van der Waals surface area contributed by atoms with E-state index < -0.39 is 0 Å². The van der Waals surface area contributed by atoms with E-state index in [2.05, 4.69) is 21.5 Å². The second-order valence-electron chi connectivity index (χ2n) is 7.29. The molecule has 3 aromatic rings. The molecule has 1 amide bonds. The summed E-state index contributed by atoms with van der Waals surface area (Å²) in [6, 6.07) is 12.2. The van der Waals surface area contributed by atoms with Crippen LogP contribution in [0.5, 0.6) is 0 Å². The lowest BCUT2D eigenvalue weighted by Gasteiger charge is -2.14. The number of nitrogens with zero attached hydrogens (tertiary/aromatic N) is 4. The van der Waals surface area contributed by atoms with E-state index in [0.717, 1.165) is 28.9 Å². The fraction of sp³-hybridized carbons (Fsp3) is 0.391. The van der Waals surface area contributed by atoms with Crippen LogP contribution in [0.25, 0.3) is 5.65 Å². The molecule has 3 rings (SSSR count). The van der Waals surface area contributed by atoms with E-state index in [1.807, 2.05) is 51.1 Å². The molecule has 0 bridgehead atoms. The van der Waals surface area contributed by atoms with Gasteiger partial charge in [-0.25, -0.2) is 9.50 Å². The van der Waals surface area contributed by atoms with Crippen LogP contribution in [0.4, 0.5) is 0 Å². The molecule has 0 radical (unpaired) electrons. The van der Waals surface area contributed by atoms with E-state index in [4.69, 9.17) is 10.00 Å². The third-order valence-corrected chi connectivity index (χ3v) is 5.21. The molecule has 0 spiro atoms. The lowest BCUT2D eigenvalue weighted by Crippen LogP contribution is -2.26. The van der Waals surface area contributed by atoms with Crippen LogP contribution in [0, 0.1) is 25.2 Å². The Morgan fingerprint density at radius 2 is 2.07 bits per heavy atom. The molecule has 1 unspecified atom stereocenters. The van der Waals surface area contributed by atoms with Crippen LogP contribution in [-0.2, 0) is 16.0 Å². The molecular weight excluding hydrogens is 378 g/mol. The van der Waals surface area contributed by atoms with Crippen LogP contribution in [-0.4, -0.2) is 33.7 Å². The molecule has 7 nitrogen and oxygen atoms in total. The molecule has 2 heterocycles.